The fraction of sp³-hybridized carbons (Fsp3) is 0.412. The number of carbonyl (C=O) groups excluding carboxylic acids is 2. The Labute approximate surface area is 139 Å². The molecule has 0 aromatic carbocycles. The van der Waals surface area contributed by atoms with Crippen LogP contribution in [0.1, 0.15) is 24.0 Å². The van der Waals surface area contributed by atoms with Crippen LogP contribution in [0.3, 0.4) is 0 Å². The van der Waals surface area contributed by atoms with Crippen LogP contribution in [0, 0.1) is 0 Å². The Morgan fingerprint density at radius 2 is 1.62 bits per heavy atom. The van der Waals surface area contributed by atoms with Crippen molar-refractivity contribution in [3.8, 4) is 11.8 Å². The average molecular weight is 335 g/mol. The van der Waals surface area contributed by atoms with Crippen LogP contribution in [-0.4, -0.2) is 39.4 Å². The number of esters is 2. The van der Waals surface area contributed by atoms with Gasteiger partial charge in [-0.15, -0.1) is 0 Å². The SMILES string of the molecule is C=CC(=O)OCC(Cn1c(O)c2c(c1O)CCCC2)OC(=O)C=C. The summed E-state index contributed by atoms with van der Waals surface area (Å²) >= 11 is 0. The molecular weight excluding hydrogens is 314 g/mol. The summed E-state index contributed by atoms with van der Waals surface area (Å²) in [5.74, 6) is -1.44. The number of rotatable bonds is 7. The van der Waals surface area contributed by atoms with E-state index in [4.69, 9.17) is 9.47 Å². The van der Waals surface area contributed by atoms with Gasteiger partial charge in [0, 0.05) is 23.3 Å². The Morgan fingerprint density at radius 3 is 2.12 bits per heavy atom. The number of aromatic hydroxyl groups is 2. The van der Waals surface area contributed by atoms with Crippen molar-refractivity contribution < 1.29 is 29.3 Å². The molecule has 130 valence electrons. The highest BCUT2D eigenvalue weighted by Gasteiger charge is 2.27. The smallest absolute Gasteiger partial charge is 0.330 e. The molecule has 0 bridgehead atoms. The van der Waals surface area contributed by atoms with Gasteiger partial charge in [0.05, 0.1) is 6.54 Å². The zero-order valence-corrected chi connectivity index (χ0v) is 13.4. The number of hydrogen-bond donors (Lipinski definition) is 2. The van der Waals surface area contributed by atoms with E-state index in [0.717, 1.165) is 36.1 Å². The second-order valence-corrected chi connectivity index (χ2v) is 5.52. The van der Waals surface area contributed by atoms with Crippen LogP contribution in [0.4, 0.5) is 0 Å². The van der Waals surface area contributed by atoms with Crippen molar-refractivity contribution >= 4 is 11.9 Å². The van der Waals surface area contributed by atoms with Crippen LogP contribution >= 0.6 is 0 Å². The Hall–Kier alpha value is -2.70. The minimum Gasteiger partial charge on any atom is -0.494 e. The first-order chi connectivity index (χ1) is 11.5. The van der Waals surface area contributed by atoms with Gasteiger partial charge in [-0.05, 0) is 25.7 Å². The molecule has 1 unspecified atom stereocenters. The van der Waals surface area contributed by atoms with Gasteiger partial charge < -0.3 is 19.7 Å². The van der Waals surface area contributed by atoms with Gasteiger partial charge in [-0.1, -0.05) is 13.2 Å². The van der Waals surface area contributed by atoms with E-state index in [9.17, 15) is 19.8 Å². The van der Waals surface area contributed by atoms with Gasteiger partial charge >= 0.3 is 11.9 Å². The summed E-state index contributed by atoms with van der Waals surface area (Å²) in [7, 11) is 0. The lowest BCUT2D eigenvalue weighted by Crippen LogP contribution is -2.28. The lowest BCUT2D eigenvalue weighted by Gasteiger charge is -2.18. The number of ether oxygens (including phenoxy) is 2. The van der Waals surface area contributed by atoms with Crippen molar-refractivity contribution in [3.05, 3.63) is 36.4 Å². The molecule has 7 heteroatoms. The number of hydrogen-bond acceptors (Lipinski definition) is 6. The average Bonchev–Trinajstić information content (AvgIpc) is 2.84. The van der Waals surface area contributed by atoms with E-state index < -0.39 is 18.0 Å². The number of aromatic nitrogens is 1. The van der Waals surface area contributed by atoms with Crippen molar-refractivity contribution in [1.29, 1.82) is 0 Å². The Bertz CT molecular complexity index is 631. The standard InChI is InChI=1S/C17H21NO6/c1-3-14(19)23-10-11(24-15(20)4-2)9-18-16(21)12-7-5-6-8-13(12)17(18)22/h3-4,11,21-22H,1-2,5-10H2. The highest BCUT2D eigenvalue weighted by molar-refractivity contribution is 5.82. The molecule has 0 saturated carbocycles. The third-order valence-electron chi connectivity index (χ3n) is 3.93. The maximum Gasteiger partial charge on any atom is 0.330 e. The number of carbonyl (C=O) groups is 2. The third-order valence-corrected chi connectivity index (χ3v) is 3.93. The van der Waals surface area contributed by atoms with Crippen molar-refractivity contribution in [3.63, 3.8) is 0 Å². The summed E-state index contributed by atoms with van der Waals surface area (Å²) in [6.07, 6.45) is 4.35. The molecule has 0 radical (unpaired) electrons. The fourth-order valence-electron chi connectivity index (χ4n) is 2.77. The van der Waals surface area contributed by atoms with E-state index in [1.165, 1.54) is 4.57 Å². The van der Waals surface area contributed by atoms with Crippen molar-refractivity contribution in [2.24, 2.45) is 0 Å². The molecule has 0 spiro atoms. The monoisotopic (exact) mass is 335 g/mol. The zero-order valence-electron chi connectivity index (χ0n) is 13.4. The molecule has 0 fully saturated rings. The zero-order chi connectivity index (χ0) is 17.7. The van der Waals surface area contributed by atoms with Crippen LogP contribution in [0.5, 0.6) is 11.8 Å². The van der Waals surface area contributed by atoms with Gasteiger partial charge in [0.1, 0.15) is 6.61 Å². The molecule has 1 aliphatic rings. The second-order valence-electron chi connectivity index (χ2n) is 5.52. The highest BCUT2D eigenvalue weighted by atomic mass is 16.6. The van der Waals surface area contributed by atoms with Gasteiger partial charge in [-0.2, -0.15) is 0 Å². The lowest BCUT2D eigenvalue weighted by molar-refractivity contribution is -0.153. The largest absolute Gasteiger partial charge is 0.494 e. The Kier molecular flexibility index (Phi) is 5.68. The summed E-state index contributed by atoms with van der Waals surface area (Å²) in [4.78, 5) is 22.7. The molecule has 1 aromatic rings. The summed E-state index contributed by atoms with van der Waals surface area (Å²) in [6.45, 7) is 6.33. The predicted octanol–water partition coefficient (Wildman–Crippen LogP) is 1.61. The molecule has 24 heavy (non-hydrogen) atoms. The molecule has 2 N–H and O–H groups in total. The lowest BCUT2D eigenvalue weighted by atomic mass is 9.95. The molecule has 0 amide bonds. The van der Waals surface area contributed by atoms with E-state index in [1.54, 1.807) is 0 Å². The summed E-state index contributed by atoms with van der Waals surface area (Å²) in [5, 5.41) is 20.7. The first-order valence-electron chi connectivity index (χ1n) is 7.72. The van der Waals surface area contributed by atoms with E-state index >= 15 is 0 Å². The third kappa shape index (κ3) is 3.79. The van der Waals surface area contributed by atoms with Crippen LogP contribution in [0.25, 0.3) is 0 Å². The van der Waals surface area contributed by atoms with E-state index in [0.29, 0.717) is 12.8 Å². The van der Waals surface area contributed by atoms with Crippen molar-refractivity contribution in [1.82, 2.24) is 4.57 Å². The topological polar surface area (TPSA) is 98.0 Å². The first-order valence-corrected chi connectivity index (χ1v) is 7.72. The Balaban J connectivity index is 2.20. The quantitative estimate of drug-likeness (QED) is 0.580. The molecule has 0 saturated heterocycles. The molecule has 1 heterocycles. The maximum atomic E-state index is 11.5. The normalized spacial score (nSPS) is 14.3. The minimum atomic E-state index is -0.884. The van der Waals surface area contributed by atoms with Crippen LogP contribution < -0.4 is 0 Å². The van der Waals surface area contributed by atoms with Crippen molar-refractivity contribution in [2.75, 3.05) is 6.61 Å². The van der Waals surface area contributed by atoms with Gasteiger partial charge in [0.15, 0.2) is 17.9 Å². The first kappa shape index (κ1) is 17.7. The predicted molar refractivity (Wildman–Crippen MR) is 85.6 cm³/mol. The molecule has 1 aliphatic carbocycles. The van der Waals surface area contributed by atoms with E-state index in [1.807, 2.05) is 0 Å². The van der Waals surface area contributed by atoms with E-state index in [-0.39, 0.29) is 24.9 Å². The van der Waals surface area contributed by atoms with Crippen LogP contribution in [0.15, 0.2) is 25.3 Å². The second kappa shape index (κ2) is 7.72. The highest BCUT2D eigenvalue weighted by Crippen LogP contribution is 2.38. The molecule has 0 aliphatic heterocycles. The fourth-order valence-corrected chi connectivity index (χ4v) is 2.77. The summed E-state index contributed by atoms with van der Waals surface area (Å²) in [6, 6.07) is 0. The molecule has 1 atom stereocenters. The van der Waals surface area contributed by atoms with Gasteiger partial charge in [0.25, 0.3) is 0 Å². The summed E-state index contributed by atoms with van der Waals surface area (Å²) < 4.78 is 11.3. The molecular formula is C17H21NO6. The van der Waals surface area contributed by atoms with Gasteiger partial charge in [0.2, 0.25) is 0 Å². The summed E-state index contributed by atoms with van der Waals surface area (Å²) in [5.41, 5.74) is 1.44. The van der Waals surface area contributed by atoms with Crippen LogP contribution in [-0.2, 0) is 38.4 Å². The van der Waals surface area contributed by atoms with E-state index in [2.05, 4.69) is 13.2 Å². The molecule has 2 rings (SSSR count). The van der Waals surface area contributed by atoms with Crippen molar-refractivity contribution in [2.45, 2.75) is 38.3 Å². The number of fused-ring (bicyclic) bond motifs is 1. The van der Waals surface area contributed by atoms with Crippen LogP contribution in [0.2, 0.25) is 0 Å². The van der Waals surface area contributed by atoms with Gasteiger partial charge in [-0.3, -0.25) is 4.57 Å². The molecule has 7 nitrogen and oxygen atoms in total. The minimum absolute atomic E-state index is 0.0445. The van der Waals surface area contributed by atoms with Gasteiger partial charge in [-0.25, -0.2) is 9.59 Å². The number of nitrogens with zero attached hydrogens (tertiary/aromatic N) is 1. The molecule has 1 aromatic heterocycles. The Morgan fingerprint density at radius 1 is 1.08 bits per heavy atom. The maximum absolute atomic E-state index is 11.5.